The van der Waals surface area contributed by atoms with Gasteiger partial charge < -0.3 is 15.3 Å². The van der Waals surface area contributed by atoms with Crippen LogP contribution in [0.3, 0.4) is 0 Å². The number of hydrogen-bond donors (Lipinski definition) is 2. The van der Waals surface area contributed by atoms with Gasteiger partial charge >= 0.3 is 5.97 Å². The molecule has 0 atom stereocenters. The van der Waals surface area contributed by atoms with Crippen molar-refractivity contribution in [3.8, 4) is 0 Å². The highest BCUT2D eigenvalue weighted by Gasteiger charge is 2.12. The highest BCUT2D eigenvalue weighted by molar-refractivity contribution is 5.87. The second kappa shape index (κ2) is 7.28. The lowest BCUT2D eigenvalue weighted by molar-refractivity contribution is -0.131. The minimum atomic E-state index is -1.10. The Labute approximate surface area is 116 Å². The fourth-order valence-corrected chi connectivity index (χ4v) is 1.74. The second-order valence-electron chi connectivity index (χ2n) is 4.19. The predicted molar refractivity (Wildman–Crippen MR) is 75.0 cm³/mol. The third-order valence-corrected chi connectivity index (χ3v) is 2.76. The van der Waals surface area contributed by atoms with Crippen LogP contribution in [0.5, 0.6) is 0 Å². The predicted octanol–water partition coefficient (Wildman–Crippen LogP) is 1.50. The summed E-state index contributed by atoms with van der Waals surface area (Å²) in [7, 11) is 3.19. The largest absolute Gasteiger partial charge is 0.478 e. The fourth-order valence-electron chi connectivity index (χ4n) is 1.74. The minimum Gasteiger partial charge on any atom is -0.478 e. The Kier molecular flexibility index (Phi) is 5.71. The molecular formula is C14H17FN2O3. The fraction of sp³-hybridized carbons (Fsp3) is 0.286. The average molecular weight is 280 g/mol. The molecule has 0 saturated carbocycles. The number of carbonyl (C=O) groups is 2. The zero-order chi connectivity index (χ0) is 15.1. The number of rotatable bonds is 6. The van der Waals surface area contributed by atoms with Crippen molar-refractivity contribution in [3.63, 3.8) is 0 Å². The van der Waals surface area contributed by atoms with Crippen molar-refractivity contribution in [1.29, 1.82) is 0 Å². The van der Waals surface area contributed by atoms with Gasteiger partial charge in [-0.15, -0.1) is 0 Å². The van der Waals surface area contributed by atoms with Crippen LogP contribution in [-0.4, -0.2) is 37.6 Å². The van der Waals surface area contributed by atoms with Crippen LogP contribution in [0.2, 0.25) is 0 Å². The van der Waals surface area contributed by atoms with E-state index in [9.17, 15) is 14.0 Å². The third-order valence-electron chi connectivity index (χ3n) is 2.76. The van der Waals surface area contributed by atoms with E-state index >= 15 is 0 Å². The van der Waals surface area contributed by atoms with Crippen LogP contribution in [0.15, 0.2) is 24.3 Å². The van der Waals surface area contributed by atoms with E-state index in [1.54, 1.807) is 18.0 Å². The number of carboxylic acid groups (broad SMARTS) is 1. The maximum atomic E-state index is 13.9. The number of aliphatic carboxylic acids is 1. The van der Waals surface area contributed by atoms with Crippen molar-refractivity contribution in [2.45, 2.75) is 6.42 Å². The lowest BCUT2D eigenvalue weighted by Gasteiger charge is -2.21. The molecule has 0 radical (unpaired) electrons. The highest BCUT2D eigenvalue weighted by atomic mass is 19.1. The Morgan fingerprint density at radius 3 is 2.75 bits per heavy atom. The monoisotopic (exact) mass is 280 g/mol. The van der Waals surface area contributed by atoms with Gasteiger partial charge in [0.25, 0.3) is 0 Å². The van der Waals surface area contributed by atoms with Crippen LogP contribution < -0.4 is 10.2 Å². The molecule has 0 aliphatic heterocycles. The summed E-state index contributed by atoms with van der Waals surface area (Å²) in [6.45, 7) is 0.328. The summed E-state index contributed by atoms with van der Waals surface area (Å²) in [5.74, 6) is -1.71. The van der Waals surface area contributed by atoms with E-state index in [0.29, 0.717) is 12.1 Å². The number of carboxylic acids is 1. The Bertz CT molecular complexity index is 529. The van der Waals surface area contributed by atoms with Crippen molar-refractivity contribution in [2.24, 2.45) is 0 Å². The zero-order valence-corrected chi connectivity index (χ0v) is 11.4. The number of para-hydroxylation sites is 1. The standard InChI is InChI=1S/C14H17FN2O3/c1-16-12(18)8-9-17(2)14-10(6-7-13(19)20)4-3-5-11(14)15/h3-7H,8-9H2,1-2H3,(H,16,18)(H,19,20)/b7-6+. The molecule has 0 heterocycles. The minimum absolute atomic E-state index is 0.143. The van der Waals surface area contributed by atoms with E-state index in [0.717, 1.165) is 6.08 Å². The first-order valence-electron chi connectivity index (χ1n) is 6.07. The second-order valence-corrected chi connectivity index (χ2v) is 4.19. The molecule has 5 nitrogen and oxygen atoms in total. The Hall–Kier alpha value is -2.37. The number of carbonyl (C=O) groups excluding carboxylic acids is 1. The molecule has 20 heavy (non-hydrogen) atoms. The van der Waals surface area contributed by atoms with E-state index in [-0.39, 0.29) is 18.0 Å². The lowest BCUT2D eigenvalue weighted by atomic mass is 10.1. The molecule has 0 unspecified atom stereocenters. The molecule has 6 heteroatoms. The first-order chi connectivity index (χ1) is 9.45. The molecule has 0 aliphatic carbocycles. The van der Waals surface area contributed by atoms with Crippen LogP contribution in [0, 0.1) is 5.82 Å². The van der Waals surface area contributed by atoms with Gasteiger partial charge in [-0.25, -0.2) is 9.18 Å². The van der Waals surface area contributed by atoms with E-state index in [1.165, 1.54) is 25.3 Å². The summed E-state index contributed by atoms with van der Waals surface area (Å²) in [6, 6.07) is 4.42. The number of nitrogens with one attached hydrogen (secondary N) is 1. The van der Waals surface area contributed by atoms with Crippen LogP contribution in [0.25, 0.3) is 6.08 Å². The van der Waals surface area contributed by atoms with Crippen molar-refractivity contribution in [1.82, 2.24) is 5.32 Å². The molecule has 0 spiro atoms. The molecule has 1 aromatic carbocycles. The molecular weight excluding hydrogens is 263 g/mol. The number of nitrogens with zero attached hydrogens (tertiary/aromatic N) is 1. The number of halogens is 1. The van der Waals surface area contributed by atoms with Crippen molar-refractivity contribution in [2.75, 3.05) is 25.5 Å². The van der Waals surface area contributed by atoms with Crippen molar-refractivity contribution >= 4 is 23.6 Å². The molecule has 0 saturated heterocycles. The SMILES string of the molecule is CNC(=O)CCN(C)c1c(F)cccc1/C=C/C(=O)O. The van der Waals surface area contributed by atoms with Gasteiger partial charge in [-0.05, 0) is 12.1 Å². The molecule has 2 N–H and O–H groups in total. The van der Waals surface area contributed by atoms with Crippen LogP contribution >= 0.6 is 0 Å². The molecule has 0 aliphatic rings. The molecule has 108 valence electrons. The molecule has 1 rings (SSSR count). The number of benzene rings is 1. The topological polar surface area (TPSA) is 69.6 Å². The van der Waals surface area contributed by atoms with Gasteiger partial charge in [0.1, 0.15) is 5.82 Å². The Balaban J connectivity index is 2.97. The Morgan fingerprint density at radius 1 is 1.45 bits per heavy atom. The maximum absolute atomic E-state index is 13.9. The van der Waals surface area contributed by atoms with Gasteiger partial charge in [-0.1, -0.05) is 12.1 Å². The molecule has 0 bridgehead atoms. The van der Waals surface area contributed by atoms with Gasteiger partial charge in [-0.2, -0.15) is 0 Å². The number of hydrogen-bond acceptors (Lipinski definition) is 3. The smallest absolute Gasteiger partial charge is 0.328 e. The van der Waals surface area contributed by atoms with Crippen LogP contribution in [0.4, 0.5) is 10.1 Å². The maximum Gasteiger partial charge on any atom is 0.328 e. The summed E-state index contributed by atoms with van der Waals surface area (Å²) in [5.41, 5.74) is 0.723. The van der Waals surface area contributed by atoms with Crippen LogP contribution in [0.1, 0.15) is 12.0 Å². The van der Waals surface area contributed by atoms with Gasteiger partial charge in [0, 0.05) is 38.7 Å². The third kappa shape index (κ3) is 4.38. The number of anilines is 1. The van der Waals surface area contributed by atoms with Gasteiger partial charge in [0.15, 0.2) is 0 Å². The van der Waals surface area contributed by atoms with E-state index < -0.39 is 11.8 Å². The van der Waals surface area contributed by atoms with Gasteiger partial charge in [-0.3, -0.25) is 4.79 Å². The summed E-state index contributed by atoms with van der Waals surface area (Å²) in [5, 5.41) is 11.1. The Morgan fingerprint density at radius 2 is 2.15 bits per heavy atom. The highest BCUT2D eigenvalue weighted by Crippen LogP contribution is 2.24. The van der Waals surface area contributed by atoms with Crippen molar-refractivity contribution < 1.29 is 19.1 Å². The van der Waals surface area contributed by atoms with E-state index in [2.05, 4.69) is 5.32 Å². The van der Waals surface area contributed by atoms with Crippen LogP contribution in [-0.2, 0) is 9.59 Å². The van der Waals surface area contributed by atoms with Gasteiger partial charge in [0.2, 0.25) is 5.91 Å². The van der Waals surface area contributed by atoms with Crippen molar-refractivity contribution in [3.05, 3.63) is 35.7 Å². The molecule has 0 fully saturated rings. The summed E-state index contributed by atoms with van der Waals surface area (Å²) < 4.78 is 13.9. The number of amides is 1. The first-order valence-corrected chi connectivity index (χ1v) is 6.07. The molecule has 1 aromatic rings. The van der Waals surface area contributed by atoms with E-state index in [4.69, 9.17) is 5.11 Å². The lowest BCUT2D eigenvalue weighted by Crippen LogP contribution is -2.27. The molecule has 1 amide bonds. The summed E-state index contributed by atoms with van der Waals surface area (Å²) in [4.78, 5) is 23.3. The molecule has 0 aromatic heterocycles. The van der Waals surface area contributed by atoms with Gasteiger partial charge in [0.05, 0.1) is 5.69 Å². The van der Waals surface area contributed by atoms with E-state index in [1.807, 2.05) is 0 Å². The summed E-state index contributed by atoms with van der Waals surface area (Å²) >= 11 is 0. The quantitative estimate of drug-likeness (QED) is 0.775. The summed E-state index contributed by atoms with van der Waals surface area (Å²) in [6.07, 6.45) is 2.51. The zero-order valence-electron chi connectivity index (χ0n) is 11.4. The average Bonchev–Trinajstić information content (AvgIpc) is 2.42. The normalized spacial score (nSPS) is 10.6. The first kappa shape index (κ1) is 15.7.